The topological polar surface area (TPSA) is 49.3 Å². The molecule has 0 spiro atoms. The molecule has 0 radical (unpaired) electrons. The molecule has 1 aliphatic rings. The molecule has 0 bridgehead atoms. The number of piperazine rings is 1. The molecule has 1 amide bonds. The van der Waals surface area contributed by atoms with Gasteiger partial charge in [0.15, 0.2) is 5.82 Å². The monoisotopic (exact) mass is 374 g/mol. The molecule has 4 rings (SSSR count). The van der Waals surface area contributed by atoms with Gasteiger partial charge in [0.25, 0.3) is 0 Å². The summed E-state index contributed by atoms with van der Waals surface area (Å²) >= 11 is 0. The maximum Gasteiger partial charge on any atom is 0.222 e. The molecule has 1 aliphatic heterocycles. The number of fused-ring (bicyclic) bond motifs is 1. The van der Waals surface area contributed by atoms with Gasteiger partial charge in [-0.15, -0.1) is 10.2 Å². The molecule has 0 atom stereocenters. The van der Waals surface area contributed by atoms with E-state index < -0.39 is 0 Å². The van der Waals surface area contributed by atoms with Gasteiger partial charge in [-0.1, -0.05) is 55.8 Å². The normalized spacial score (nSPS) is 14.5. The average Bonchev–Trinajstić information content (AvgIpc) is 2.77. The summed E-state index contributed by atoms with van der Waals surface area (Å²) < 4.78 is 0. The number of hydrogen-bond donors (Lipinski definition) is 0. The highest BCUT2D eigenvalue weighted by molar-refractivity contribution is 5.95. The van der Waals surface area contributed by atoms with Crippen LogP contribution in [0.5, 0.6) is 0 Å². The summed E-state index contributed by atoms with van der Waals surface area (Å²) in [4.78, 5) is 16.4. The Morgan fingerprint density at radius 1 is 0.929 bits per heavy atom. The van der Waals surface area contributed by atoms with Gasteiger partial charge >= 0.3 is 0 Å². The molecule has 2 aromatic carbocycles. The Hall–Kier alpha value is -2.95. The van der Waals surface area contributed by atoms with E-state index in [9.17, 15) is 4.79 Å². The lowest BCUT2D eigenvalue weighted by Gasteiger charge is -2.35. The lowest BCUT2D eigenvalue weighted by Crippen LogP contribution is -2.49. The fourth-order valence-corrected chi connectivity index (χ4v) is 3.76. The Kier molecular flexibility index (Phi) is 5.51. The molecule has 28 heavy (non-hydrogen) atoms. The number of carbonyl (C=O) groups is 1. The summed E-state index contributed by atoms with van der Waals surface area (Å²) in [6.45, 7) is 5.25. The zero-order valence-electron chi connectivity index (χ0n) is 16.3. The van der Waals surface area contributed by atoms with Crippen molar-refractivity contribution in [3.63, 3.8) is 0 Å². The van der Waals surface area contributed by atoms with E-state index in [0.29, 0.717) is 6.42 Å². The van der Waals surface area contributed by atoms with Crippen molar-refractivity contribution < 1.29 is 4.79 Å². The molecule has 5 nitrogen and oxygen atoms in total. The number of hydrogen-bond acceptors (Lipinski definition) is 4. The fraction of sp³-hybridized carbons (Fsp3) is 0.348. The lowest BCUT2D eigenvalue weighted by atomic mass is 10.0. The molecule has 1 aromatic heterocycles. The van der Waals surface area contributed by atoms with Crippen molar-refractivity contribution in [1.29, 1.82) is 0 Å². The summed E-state index contributed by atoms with van der Waals surface area (Å²) in [5.41, 5.74) is 1.98. The molecule has 0 aliphatic carbocycles. The molecule has 3 aromatic rings. The zero-order valence-corrected chi connectivity index (χ0v) is 16.3. The standard InChI is InChI=1S/C23H26N4O/c1-2-3-11-23(28)27-16-14-26(15-17-27)22-13-12-21(24-25-22)20-10-6-8-18-7-4-5-9-19(18)20/h4-10,12-13H,2-3,11,14-17H2,1H3. The van der Waals surface area contributed by atoms with Gasteiger partial charge in [0, 0.05) is 38.2 Å². The predicted molar refractivity (Wildman–Crippen MR) is 113 cm³/mol. The van der Waals surface area contributed by atoms with Gasteiger partial charge < -0.3 is 9.80 Å². The molecule has 1 saturated heterocycles. The number of carbonyl (C=O) groups excluding carboxylic acids is 1. The molecule has 5 heteroatoms. The van der Waals surface area contributed by atoms with Crippen LogP contribution in [0.2, 0.25) is 0 Å². The van der Waals surface area contributed by atoms with Gasteiger partial charge in [0.05, 0.1) is 5.69 Å². The third-order valence-corrected chi connectivity index (χ3v) is 5.42. The highest BCUT2D eigenvalue weighted by Gasteiger charge is 2.21. The second-order valence-electron chi connectivity index (χ2n) is 7.27. The van der Waals surface area contributed by atoms with Crippen LogP contribution in [0.15, 0.2) is 54.6 Å². The summed E-state index contributed by atoms with van der Waals surface area (Å²) in [6, 6.07) is 18.7. The second-order valence-corrected chi connectivity index (χ2v) is 7.27. The van der Waals surface area contributed by atoms with Gasteiger partial charge in [-0.2, -0.15) is 0 Å². The second kappa shape index (κ2) is 8.38. The molecule has 0 N–H and O–H groups in total. The molecule has 1 fully saturated rings. The van der Waals surface area contributed by atoms with E-state index in [1.165, 1.54) is 10.8 Å². The van der Waals surface area contributed by atoms with E-state index in [1.807, 2.05) is 23.1 Å². The Labute approximate surface area is 166 Å². The van der Waals surface area contributed by atoms with Gasteiger partial charge in [-0.3, -0.25) is 4.79 Å². The third kappa shape index (κ3) is 3.84. The molecular weight excluding hydrogens is 348 g/mol. The average molecular weight is 374 g/mol. The van der Waals surface area contributed by atoms with Crippen molar-refractivity contribution in [3.8, 4) is 11.3 Å². The fourth-order valence-electron chi connectivity index (χ4n) is 3.76. The number of rotatable bonds is 5. The Bertz CT molecular complexity index is 941. The number of anilines is 1. The van der Waals surface area contributed by atoms with E-state index in [0.717, 1.165) is 56.1 Å². The van der Waals surface area contributed by atoms with Crippen molar-refractivity contribution in [2.45, 2.75) is 26.2 Å². The van der Waals surface area contributed by atoms with Crippen molar-refractivity contribution in [2.75, 3.05) is 31.1 Å². The van der Waals surface area contributed by atoms with E-state index in [4.69, 9.17) is 0 Å². The van der Waals surface area contributed by atoms with E-state index in [1.54, 1.807) is 0 Å². The van der Waals surface area contributed by atoms with Crippen molar-refractivity contribution >= 4 is 22.5 Å². The molecule has 2 heterocycles. The van der Waals surface area contributed by atoms with E-state index in [2.05, 4.69) is 58.4 Å². The SMILES string of the molecule is CCCCC(=O)N1CCN(c2ccc(-c3cccc4ccccc34)nn2)CC1. The van der Waals surface area contributed by atoms with E-state index in [-0.39, 0.29) is 5.91 Å². The number of aromatic nitrogens is 2. The van der Waals surface area contributed by atoms with Gasteiger partial charge in [-0.25, -0.2) is 0 Å². The minimum Gasteiger partial charge on any atom is -0.352 e. The highest BCUT2D eigenvalue weighted by atomic mass is 16.2. The first-order chi connectivity index (χ1) is 13.8. The number of unbranched alkanes of at least 4 members (excludes halogenated alkanes) is 1. The van der Waals surface area contributed by atoms with Crippen LogP contribution < -0.4 is 4.90 Å². The lowest BCUT2D eigenvalue weighted by molar-refractivity contribution is -0.131. The summed E-state index contributed by atoms with van der Waals surface area (Å²) in [5.74, 6) is 1.16. The Morgan fingerprint density at radius 3 is 2.46 bits per heavy atom. The van der Waals surface area contributed by atoms with Crippen molar-refractivity contribution in [3.05, 3.63) is 54.6 Å². The van der Waals surface area contributed by atoms with Gasteiger partial charge in [-0.05, 0) is 29.3 Å². The minimum absolute atomic E-state index is 0.277. The van der Waals surface area contributed by atoms with Crippen LogP contribution in [0, 0.1) is 0 Å². The van der Waals surface area contributed by atoms with E-state index >= 15 is 0 Å². The van der Waals surface area contributed by atoms with Gasteiger partial charge in [0.2, 0.25) is 5.91 Å². The zero-order chi connectivity index (χ0) is 19.3. The first kappa shape index (κ1) is 18.4. The molecular formula is C23H26N4O. The van der Waals surface area contributed by atoms with Crippen LogP contribution in [0.1, 0.15) is 26.2 Å². The minimum atomic E-state index is 0.277. The molecule has 0 saturated carbocycles. The van der Waals surface area contributed by atoms with Crippen LogP contribution >= 0.6 is 0 Å². The maximum atomic E-state index is 12.2. The third-order valence-electron chi connectivity index (χ3n) is 5.42. The summed E-state index contributed by atoms with van der Waals surface area (Å²) in [5, 5.41) is 11.4. The van der Waals surface area contributed by atoms with Crippen molar-refractivity contribution in [2.24, 2.45) is 0 Å². The maximum absolute atomic E-state index is 12.2. The summed E-state index contributed by atoms with van der Waals surface area (Å²) in [7, 11) is 0. The number of nitrogens with zero attached hydrogens (tertiary/aromatic N) is 4. The molecule has 144 valence electrons. The predicted octanol–water partition coefficient (Wildman–Crippen LogP) is 4.14. The van der Waals surface area contributed by atoms with Crippen LogP contribution in [-0.2, 0) is 4.79 Å². The Balaban J connectivity index is 1.45. The van der Waals surface area contributed by atoms with Crippen LogP contribution in [0.25, 0.3) is 22.0 Å². The largest absolute Gasteiger partial charge is 0.352 e. The quantitative estimate of drug-likeness (QED) is 0.674. The summed E-state index contributed by atoms with van der Waals surface area (Å²) in [6.07, 6.45) is 2.69. The number of benzene rings is 2. The Morgan fingerprint density at radius 2 is 1.71 bits per heavy atom. The highest BCUT2D eigenvalue weighted by Crippen LogP contribution is 2.27. The molecule has 0 unspecified atom stereocenters. The van der Waals surface area contributed by atoms with Crippen LogP contribution in [0.3, 0.4) is 0 Å². The van der Waals surface area contributed by atoms with Crippen LogP contribution in [0.4, 0.5) is 5.82 Å². The first-order valence-electron chi connectivity index (χ1n) is 10.1. The first-order valence-corrected chi connectivity index (χ1v) is 10.1. The van der Waals surface area contributed by atoms with Crippen LogP contribution in [-0.4, -0.2) is 47.2 Å². The van der Waals surface area contributed by atoms with Crippen molar-refractivity contribution in [1.82, 2.24) is 15.1 Å². The number of amides is 1. The smallest absolute Gasteiger partial charge is 0.222 e. The van der Waals surface area contributed by atoms with Gasteiger partial charge in [0.1, 0.15) is 0 Å².